The SMILES string of the molecule is CCC(C)(C)N(C(=O)C(CC(N)=O)NC(=O)OC(C)(C)C)C(C(=O)NC(C)(C)C)c1ccc(C)c(C)c1. The fourth-order valence-corrected chi connectivity index (χ4v) is 3.75. The van der Waals surface area contributed by atoms with Crippen LogP contribution in [0.4, 0.5) is 4.79 Å². The van der Waals surface area contributed by atoms with Gasteiger partial charge in [-0.3, -0.25) is 14.4 Å². The Balaban J connectivity index is 3.74. The number of aryl methyl sites for hydroxylation is 2. The van der Waals surface area contributed by atoms with Gasteiger partial charge in [-0.2, -0.15) is 0 Å². The minimum atomic E-state index is -1.32. The van der Waals surface area contributed by atoms with E-state index in [1.54, 1.807) is 20.8 Å². The highest BCUT2D eigenvalue weighted by Crippen LogP contribution is 2.33. The number of ether oxygens (including phenoxy) is 1. The Morgan fingerprint density at radius 1 is 0.973 bits per heavy atom. The molecule has 0 aromatic heterocycles. The third-order valence-electron chi connectivity index (χ3n) is 6.00. The average molecular weight is 519 g/mol. The second-order valence-electron chi connectivity index (χ2n) is 12.2. The lowest BCUT2D eigenvalue weighted by Crippen LogP contribution is -2.60. The highest BCUT2D eigenvalue weighted by atomic mass is 16.6. The maximum absolute atomic E-state index is 14.2. The fourth-order valence-electron chi connectivity index (χ4n) is 3.75. The summed E-state index contributed by atoms with van der Waals surface area (Å²) in [7, 11) is 0. The zero-order chi connectivity index (χ0) is 28.9. The van der Waals surface area contributed by atoms with Crippen molar-refractivity contribution in [2.45, 2.75) is 118 Å². The Kier molecular flexibility index (Phi) is 10.3. The van der Waals surface area contributed by atoms with Gasteiger partial charge in [0.15, 0.2) is 0 Å². The van der Waals surface area contributed by atoms with Crippen molar-refractivity contribution in [3.8, 4) is 0 Å². The molecule has 0 saturated carbocycles. The predicted octanol–water partition coefficient (Wildman–Crippen LogP) is 4.05. The van der Waals surface area contributed by atoms with Crippen LogP contribution in [0.3, 0.4) is 0 Å². The van der Waals surface area contributed by atoms with Crippen LogP contribution < -0.4 is 16.4 Å². The van der Waals surface area contributed by atoms with Crippen molar-refractivity contribution in [3.05, 3.63) is 34.9 Å². The average Bonchev–Trinajstić information content (AvgIpc) is 2.69. The largest absolute Gasteiger partial charge is 0.444 e. The van der Waals surface area contributed by atoms with Gasteiger partial charge >= 0.3 is 6.09 Å². The van der Waals surface area contributed by atoms with Crippen molar-refractivity contribution in [2.75, 3.05) is 0 Å². The molecule has 0 aliphatic heterocycles. The standard InChI is InChI=1S/C28H46N4O5/c1-12-28(10,11)32(24(35)20(16-21(29)33)30-25(36)37-27(7,8)9)22(23(34)31-26(4,5)6)19-14-13-17(2)18(3)15-19/h13-15,20,22H,12,16H2,1-11H3,(H2,29,33)(H,30,36)(H,31,34). The smallest absolute Gasteiger partial charge is 0.408 e. The van der Waals surface area contributed by atoms with Crippen LogP contribution in [0.15, 0.2) is 18.2 Å². The van der Waals surface area contributed by atoms with Gasteiger partial charge in [-0.05, 0) is 92.3 Å². The molecule has 0 fully saturated rings. The van der Waals surface area contributed by atoms with E-state index in [2.05, 4.69) is 10.6 Å². The zero-order valence-corrected chi connectivity index (χ0v) is 24.4. The van der Waals surface area contributed by atoms with E-state index in [0.717, 1.165) is 11.1 Å². The number of nitrogens with one attached hydrogen (secondary N) is 2. The van der Waals surface area contributed by atoms with Crippen molar-refractivity contribution in [1.29, 1.82) is 0 Å². The fraction of sp³-hybridized carbons (Fsp3) is 0.643. The number of carbonyl (C=O) groups is 4. The topological polar surface area (TPSA) is 131 Å². The number of primary amides is 1. The van der Waals surface area contributed by atoms with Crippen molar-refractivity contribution in [3.63, 3.8) is 0 Å². The van der Waals surface area contributed by atoms with E-state index in [4.69, 9.17) is 10.5 Å². The van der Waals surface area contributed by atoms with Crippen LogP contribution in [0.1, 0.15) is 97.9 Å². The Morgan fingerprint density at radius 3 is 1.97 bits per heavy atom. The molecule has 37 heavy (non-hydrogen) atoms. The first-order valence-corrected chi connectivity index (χ1v) is 12.7. The number of amides is 4. The molecule has 0 bridgehead atoms. The van der Waals surface area contributed by atoms with E-state index >= 15 is 0 Å². The van der Waals surface area contributed by atoms with Gasteiger partial charge in [-0.25, -0.2) is 4.79 Å². The Bertz CT molecular complexity index is 1000. The molecule has 208 valence electrons. The Hall–Kier alpha value is -3.10. The molecule has 0 heterocycles. The van der Waals surface area contributed by atoms with Crippen LogP contribution in [0.25, 0.3) is 0 Å². The summed E-state index contributed by atoms with van der Waals surface area (Å²) in [6, 6.07) is 3.26. The number of nitrogens with two attached hydrogens (primary N) is 1. The van der Waals surface area contributed by atoms with Gasteiger partial charge < -0.3 is 26.0 Å². The van der Waals surface area contributed by atoms with Crippen LogP contribution >= 0.6 is 0 Å². The molecule has 0 aliphatic rings. The third kappa shape index (κ3) is 9.70. The van der Waals surface area contributed by atoms with Crippen molar-refractivity contribution in [1.82, 2.24) is 15.5 Å². The van der Waals surface area contributed by atoms with Gasteiger partial charge in [-0.15, -0.1) is 0 Å². The van der Waals surface area contributed by atoms with E-state index in [1.807, 2.05) is 73.6 Å². The number of rotatable bonds is 9. The zero-order valence-electron chi connectivity index (χ0n) is 24.4. The molecule has 0 radical (unpaired) electrons. The van der Waals surface area contributed by atoms with Gasteiger partial charge in [0.1, 0.15) is 17.7 Å². The van der Waals surface area contributed by atoms with E-state index in [1.165, 1.54) is 4.90 Å². The second-order valence-corrected chi connectivity index (χ2v) is 12.2. The molecular formula is C28H46N4O5. The molecule has 2 atom stereocenters. The van der Waals surface area contributed by atoms with Gasteiger partial charge in [-0.1, -0.05) is 25.1 Å². The Labute approximate surface area is 221 Å². The lowest BCUT2D eigenvalue weighted by Gasteiger charge is -2.45. The molecule has 4 amide bonds. The molecule has 9 heteroatoms. The number of benzene rings is 1. The van der Waals surface area contributed by atoms with Crippen LogP contribution in [0.2, 0.25) is 0 Å². The summed E-state index contributed by atoms with van der Waals surface area (Å²) in [5.41, 5.74) is 5.88. The number of carbonyl (C=O) groups excluding carboxylic acids is 4. The highest BCUT2D eigenvalue weighted by Gasteiger charge is 2.44. The summed E-state index contributed by atoms with van der Waals surface area (Å²) in [6.07, 6.45) is -0.809. The molecule has 4 N–H and O–H groups in total. The van der Waals surface area contributed by atoms with Crippen LogP contribution in [-0.4, -0.2) is 51.4 Å². The molecule has 2 unspecified atom stereocenters. The van der Waals surface area contributed by atoms with Gasteiger partial charge in [0.25, 0.3) is 0 Å². The number of hydrogen-bond donors (Lipinski definition) is 3. The molecule has 1 rings (SSSR count). The Morgan fingerprint density at radius 2 is 1.54 bits per heavy atom. The van der Waals surface area contributed by atoms with Crippen molar-refractivity contribution < 1.29 is 23.9 Å². The molecule has 0 aliphatic carbocycles. The molecule has 9 nitrogen and oxygen atoms in total. The molecular weight excluding hydrogens is 472 g/mol. The monoisotopic (exact) mass is 518 g/mol. The maximum atomic E-state index is 14.2. The summed E-state index contributed by atoms with van der Waals surface area (Å²) in [5.74, 6) is -1.75. The first-order chi connectivity index (χ1) is 16.7. The maximum Gasteiger partial charge on any atom is 0.408 e. The number of nitrogens with zero attached hydrogens (tertiary/aromatic N) is 1. The van der Waals surface area contributed by atoms with Gasteiger partial charge in [0, 0.05) is 11.1 Å². The first kappa shape index (κ1) is 31.9. The van der Waals surface area contributed by atoms with Crippen molar-refractivity contribution >= 4 is 23.8 Å². The van der Waals surface area contributed by atoms with E-state index in [9.17, 15) is 19.2 Å². The molecule has 1 aromatic carbocycles. The summed E-state index contributed by atoms with van der Waals surface area (Å²) < 4.78 is 5.33. The summed E-state index contributed by atoms with van der Waals surface area (Å²) >= 11 is 0. The van der Waals surface area contributed by atoms with E-state index < -0.39 is 53.1 Å². The van der Waals surface area contributed by atoms with E-state index in [0.29, 0.717) is 12.0 Å². The quantitative estimate of drug-likeness (QED) is 0.454. The molecule has 0 spiro atoms. The summed E-state index contributed by atoms with van der Waals surface area (Å²) in [5, 5.41) is 5.51. The van der Waals surface area contributed by atoms with Crippen LogP contribution in [-0.2, 0) is 19.1 Å². The van der Waals surface area contributed by atoms with Crippen LogP contribution in [0, 0.1) is 13.8 Å². The van der Waals surface area contributed by atoms with Gasteiger partial charge in [0.2, 0.25) is 17.7 Å². The lowest BCUT2D eigenvalue weighted by atomic mass is 9.90. The molecule has 1 aromatic rings. The number of alkyl carbamates (subject to hydrolysis) is 1. The minimum Gasteiger partial charge on any atom is -0.444 e. The highest BCUT2D eigenvalue weighted by molar-refractivity contribution is 5.95. The summed E-state index contributed by atoms with van der Waals surface area (Å²) in [6.45, 7) is 20.2. The van der Waals surface area contributed by atoms with Crippen molar-refractivity contribution in [2.24, 2.45) is 5.73 Å². The first-order valence-electron chi connectivity index (χ1n) is 12.7. The number of hydrogen-bond acceptors (Lipinski definition) is 5. The minimum absolute atomic E-state index is 0.374. The van der Waals surface area contributed by atoms with E-state index in [-0.39, 0.29) is 5.91 Å². The summed E-state index contributed by atoms with van der Waals surface area (Å²) in [4.78, 5) is 54.0. The van der Waals surface area contributed by atoms with Crippen LogP contribution in [0.5, 0.6) is 0 Å². The molecule has 0 saturated heterocycles. The predicted molar refractivity (Wildman–Crippen MR) is 145 cm³/mol. The normalized spacial score (nSPS) is 13.8. The third-order valence-corrected chi connectivity index (χ3v) is 6.00. The second kappa shape index (κ2) is 12.0. The lowest BCUT2D eigenvalue weighted by molar-refractivity contribution is -0.150. The van der Waals surface area contributed by atoms with Gasteiger partial charge in [0.05, 0.1) is 6.42 Å².